The summed E-state index contributed by atoms with van der Waals surface area (Å²) in [6.45, 7) is 2.29. The van der Waals surface area contributed by atoms with Gasteiger partial charge < -0.3 is 15.1 Å². The van der Waals surface area contributed by atoms with E-state index < -0.39 is 4.92 Å². The van der Waals surface area contributed by atoms with E-state index >= 15 is 0 Å². The van der Waals surface area contributed by atoms with E-state index in [9.17, 15) is 14.9 Å². The topological polar surface area (TPSA) is 110 Å². The number of nitro benzene ring substituents is 1. The fraction of sp³-hybridized carbons (Fsp3) is 0.412. The molecule has 0 aliphatic carbocycles. The number of hydrogen-bond acceptors (Lipinski definition) is 6. The standard InChI is InChI=1S/C17H20N4O4/c22-16(15-11-25-17(20-15)13-6-8-18-9-7-13)19-10-5-12-1-3-14(4-2-12)21(23)24/h1-4,11,13,18H,5-10H2,(H,19,22). The number of carbonyl (C=O) groups is 1. The normalized spacial score (nSPS) is 15.0. The first-order valence-electron chi connectivity index (χ1n) is 8.31. The molecule has 0 radical (unpaired) electrons. The van der Waals surface area contributed by atoms with Gasteiger partial charge in [-0.1, -0.05) is 12.1 Å². The summed E-state index contributed by atoms with van der Waals surface area (Å²) in [5, 5.41) is 16.7. The number of amides is 1. The number of oxazole rings is 1. The Kier molecular flexibility index (Phi) is 5.39. The van der Waals surface area contributed by atoms with Crippen LogP contribution < -0.4 is 10.6 Å². The lowest BCUT2D eigenvalue weighted by molar-refractivity contribution is -0.384. The number of nitrogens with one attached hydrogen (secondary N) is 2. The Balaban J connectivity index is 1.49. The highest BCUT2D eigenvalue weighted by molar-refractivity contribution is 5.91. The number of piperidine rings is 1. The Hall–Kier alpha value is -2.74. The molecule has 8 nitrogen and oxygen atoms in total. The van der Waals surface area contributed by atoms with Gasteiger partial charge in [0.1, 0.15) is 6.26 Å². The average molecular weight is 344 g/mol. The van der Waals surface area contributed by atoms with Gasteiger partial charge in [0.15, 0.2) is 11.6 Å². The van der Waals surface area contributed by atoms with Crippen molar-refractivity contribution in [3.8, 4) is 0 Å². The maximum atomic E-state index is 12.1. The summed E-state index contributed by atoms with van der Waals surface area (Å²) in [5.74, 6) is 0.621. The first kappa shape index (κ1) is 17.1. The zero-order valence-corrected chi connectivity index (χ0v) is 13.7. The molecule has 0 unspecified atom stereocenters. The molecule has 1 fully saturated rings. The summed E-state index contributed by atoms with van der Waals surface area (Å²) in [5.41, 5.74) is 1.26. The van der Waals surface area contributed by atoms with Crippen molar-refractivity contribution in [3.05, 3.63) is 57.8 Å². The second-order valence-corrected chi connectivity index (χ2v) is 6.02. The highest BCUT2D eigenvalue weighted by atomic mass is 16.6. The van der Waals surface area contributed by atoms with Crippen LogP contribution >= 0.6 is 0 Å². The molecule has 1 amide bonds. The van der Waals surface area contributed by atoms with E-state index in [1.807, 2.05) is 0 Å². The van der Waals surface area contributed by atoms with Crippen molar-refractivity contribution in [1.82, 2.24) is 15.6 Å². The fourth-order valence-electron chi connectivity index (χ4n) is 2.84. The number of benzene rings is 1. The summed E-state index contributed by atoms with van der Waals surface area (Å²) >= 11 is 0. The molecule has 0 spiro atoms. The number of non-ortho nitro benzene ring substituents is 1. The zero-order valence-electron chi connectivity index (χ0n) is 13.7. The summed E-state index contributed by atoms with van der Waals surface area (Å²) in [4.78, 5) is 26.6. The van der Waals surface area contributed by atoms with Crippen LogP contribution in [0.2, 0.25) is 0 Å². The van der Waals surface area contributed by atoms with E-state index in [-0.39, 0.29) is 23.2 Å². The van der Waals surface area contributed by atoms with Gasteiger partial charge in [-0.2, -0.15) is 0 Å². The number of carbonyl (C=O) groups excluding carboxylic acids is 1. The molecule has 0 bridgehead atoms. The van der Waals surface area contributed by atoms with E-state index in [4.69, 9.17) is 4.42 Å². The van der Waals surface area contributed by atoms with Crippen molar-refractivity contribution in [1.29, 1.82) is 0 Å². The molecule has 1 aromatic carbocycles. The van der Waals surface area contributed by atoms with Crippen molar-refractivity contribution < 1.29 is 14.1 Å². The molecular formula is C17H20N4O4. The lowest BCUT2D eigenvalue weighted by Gasteiger charge is -2.19. The van der Waals surface area contributed by atoms with Gasteiger partial charge >= 0.3 is 0 Å². The molecule has 8 heteroatoms. The van der Waals surface area contributed by atoms with Gasteiger partial charge in [0, 0.05) is 24.6 Å². The molecule has 2 heterocycles. The molecule has 1 saturated heterocycles. The van der Waals surface area contributed by atoms with Crippen LogP contribution in [-0.2, 0) is 6.42 Å². The molecular weight excluding hydrogens is 324 g/mol. The third-order valence-electron chi connectivity index (χ3n) is 4.29. The van der Waals surface area contributed by atoms with Crippen LogP contribution in [0.4, 0.5) is 5.69 Å². The van der Waals surface area contributed by atoms with Gasteiger partial charge in [-0.05, 0) is 37.9 Å². The predicted octanol–water partition coefficient (Wildman–Crippen LogP) is 2.02. The second kappa shape index (κ2) is 7.89. The minimum atomic E-state index is -0.434. The van der Waals surface area contributed by atoms with Gasteiger partial charge in [-0.3, -0.25) is 14.9 Å². The molecule has 132 valence electrons. The second-order valence-electron chi connectivity index (χ2n) is 6.02. The van der Waals surface area contributed by atoms with Crippen LogP contribution in [0.3, 0.4) is 0 Å². The highest BCUT2D eigenvalue weighted by Gasteiger charge is 2.21. The van der Waals surface area contributed by atoms with Crippen LogP contribution in [-0.4, -0.2) is 35.4 Å². The number of hydrogen-bond donors (Lipinski definition) is 2. The highest BCUT2D eigenvalue weighted by Crippen LogP contribution is 2.24. The Bertz CT molecular complexity index is 735. The van der Waals surface area contributed by atoms with E-state index in [1.165, 1.54) is 18.4 Å². The van der Waals surface area contributed by atoms with Crippen molar-refractivity contribution in [2.45, 2.75) is 25.2 Å². The Morgan fingerprint density at radius 1 is 1.32 bits per heavy atom. The molecule has 2 aromatic rings. The minimum Gasteiger partial charge on any atom is -0.448 e. The van der Waals surface area contributed by atoms with Crippen molar-refractivity contribution in [2.75, 3.05) is 19.6 Å². The molecule has 1 aromatic heterocycles. The van der Waals surface area contributed by atoms with Crippen LogP contribution in [0.15, 0.2) is 34.9 Å². The molecule has 2 N–H and O–H groups in total. The number of nitrogens with zero attached hydrogens (tertiary/aromatic N) is 2. The largest absolute Gasteiger partial charge is 0.448 e. The molecule has 1 aliphatic heterocycles. The van der Waals surface area contributed by atoms with E-state index in [0.29, 0.717) is 18.9 Å². The lowest BCUT2D eigenvalue weighted by Crippen LogP contribution is -2.27. The average Bonchev–Trinajstić information content (AvgIpc) is 3.13. The fourth-order valence-corrected chi connectivity index (χ4v) is 2.84. The molecule has 3 rings (SSSR count). The Morgan fingerprint density at radius 3 is 2.72 bits per heavy atom. The number of aromatic nitrogens is 1. The van der Waals surface area contributed by atoms with Crippen LogP contribution in [0.25, 0.3) is 0 Å². The van der Waals surface area contributed by atoms with Gasteiger partial charge in [0.05, 0.1) is 4.92 Å². The van der Waals surface area contributed by atoms with Crippen LogP contribution in [0, 0.1) is 10.1 Å². The number of nitro groups is 1. The zero-order chi connectivity index (χ0) is 17.6. The van der Waals surface area contributed by atoms with Gasteiger partial charge in [-0.15, -0.1) is 0 Å². The lowest BCUT2D eigenvalue weighted by atomic mass is 9.98. The summed E-state index contributed by atoms with van der Waals surface area (Å²) < 4.78 is 5.46. The molecule has 25 heavy (non-hydrogen) atoms. The van der Waals surface area contributed by atoms with E-state index in [1.54, 1.807) is 12.1 Å². The first-order valence-corrected chi connectivity index (χ1v) is 8.31. The van der Waals surface area contributed by atoms with Gasteiger partial charge in [0.2, 0.25) is 0 Å². The first-order chi connectivity index (χ1) is 12.1. The quantitative estimate of drug-likeness (QED) is 0.613. The third kappa shape index (κ3) is 4.42. The number of rotatable bonds is 6. The van der Waals surface area contributed by atoms with Gasteiger partial charge in [-0.25, -0.2) is 4.98 Å². The monoisotopic (exact) mass is 344 g/mol. The predicted molar refractivity (Wildman–Crippen MR) is 90.5 cm³/mol. The van der Waals surface area contributed by atoms with Crippen molar-refractivity contribution in [2.24, 2.45) is 0 Å². The molecule has 0 atom stereocenters. The summed E-state index contributed by atoms with van der Waals surface area (Å²) in [6, 6.07) is 6.30. The van der Waals surface area contributed by atoms with Crippen LogP contribution in [0.1, 0.15) is 40.7 Å². The smallest absolute Gasteiger partial charge is 0.273 e. The molecule has 1 aliphatic rings. The van der Waals surface area contributed by atoms with Crippen molar-refractivity contribution in [3.63, 3.8) is 0 Å². The van der Waals surface area contributed by atoms with E-state index in [2.05, 4.69) is 15.6 Å². The Labute approximate surface area is 144 Å². The minimum absolute atomic E-state index is 0.0563. The Morgan fingerprint density at radius 2 is 2.04 bits per heavy atom. The maximum absolute atomic E-state index is 12.1. The van der Waals surface area contributed by atoms with Crippen molar-refractivity contribution >= 4 is 11.6 Å². The third-order valence-corrected chi connectivity index (χ3v) is 4.29. The van der Waals surface area contributed by atoms with Crippen LogP contribution in [0.5, 0.6) is 0 Å². The summed E-state index contributed by atoms with van der Waals surface area (Å²) in [7, 11) is 0. The molecule has 0 saturated carbocycles. The maximum Gasteiger partial charge on any atom is 0.273 e. The van der Waals surface area contributed by atoms with Gasteiger partial charge in [0.25, 0.3) is 11.6 Å². The summed E-state index contributed by atoms with van der Waals surface area (Å²) in [6.07, 6.45) is 3.91. The SMILES string of the molecule is O=C(NCCc1ccc([N+](=O)[O-])cc1)c1coc(C2CCNCC2)n1. The van der Waals surface area contributed by atoms with E-state index in [0.717, 1.165) is 31.5 Å².